The standard InChI is InChI=1S/C9H23O3PS.Zn/c1-4-5-6-7-14(8-9(2)3)13(10,11)12;/h9-12H,4-8H2,1-3H3;. The minimum atomic E-state index is -3.59. The summed E-state index contributed by atoms with van der Waals surface area (Å²) < 4.78 is 0. The van der Waals surface area contributed by atoms with Gasteiger partial charge in [0.1, 0.15) is 0 Å². The van der Waals surface area contributed by atoms with Crippen molar-refractivity contribution in [3.63, 3.8) is 0 Å². The van der Waals surface area contributed by atoms with E-state index in [4.69, 9.17) is 0 Å². The summed E-state index contributed by atoms with van der Waals surface area (Å²) in [5, 5.41) is 0. The van der Waals surface area contributed by atoms with E-state index in [0.29, 0.717) is 5.92 Å². The van der Waals surface area contributed by atoms with Crippen molar-refractivity contribution >= 4 is 16.8 Å². The third-order valence-electron chi connectivity index (χ3n) is 1.86. The molecule has 0 heterocycles. The van der Waals surface area contributed by atoms with Gasteiger partial charge in [-0.1, -0.05) is 33.6 Å². The van der Waals surface area contributed by atoms with E-state index in [1.807, 2.05) is 13.8 Å². The topological polar surface area (TPSA) is 60.7 Å². The fourth-order valence-electron chi connectivity index (χ4n) is 1.21. The molecular formula is C9H23O3PSZn. The van der Waals surface area contributed by atoms with E-state index in [0.717, 1.165) is 30.8 Å². The van der Waals surface area contributed by atoms with Crippen LogP contribution in [0.4, 0.5) is 0 Å². The van der Waals surface area contributed by atoms with Crippen LogP contribution >= 0.6 is 6.72 Å². The van der Waals surface area contributed by atoms with E-state index in [9.17, 15) is 14.7 Å². The Kier molecular flexibility index (Phi) is 11.6. The van der Waals surface area contributed by atoms with Crippen LogP contribution in [0.3, 0.4) is 0 Å². The van der Waals surface area contributed by atoms with Crippen LogP contribution in [0.2, 0.25) is 0 Å². The molecule has 90 valence electrons. The van der Waals surface area contributed by atoms with E-state index < -0.39 is 16.8 Å². The normalized spacial score (nSPS) is 13.8. The minimum Gasteiger partial charge on any atom is -0.329 e. The number of rotatable bonds is 6. The van der Waals surface area contributed by atoms with Crippen molar-refractivity contribution in [3.8, 4) is 0 Å². The van der Waals surface area contributed by atoms with Crippen molar-refractivity contribution in [1.29, 1.82) is 0 Å². The summed E-state index contributed by atoms with van der Waals surface area (Å²) in [5.74, 6) is 1.88. The summed E-state index contributed by atoms with van der Waals surface area (Å²) in [6, 6.07) is 0. The number of hydrogen-bond donors (Lipinski definition) is 3. The van der Waals surface area contributed by atoms with Crippen LogP contribution in [0.25, 0.3) is 0 Å². The molecule has 0 aliphatic carbocycles. The second kappa shape index (κ2) is 9.33. The van der Waals surface area contributed by atoms with Crippen LogP contribution in [0.15, 0.2) is 0 Å². The fourth-order valence-corrected chi connectivity index (χ4v) is 5.74. The summed E-state index contributed by atoms with van der Waals surface area (Å²) in [7, 11) is -0.596. The molecule has 1 atom stereocenters. The molecule has 6 heteroatoms. The third-order valence-corrected chi connectivity index (χ3v) is 7.43. The Morgan fingerprint density at radius 2 is 1.67 bits per heavy atom. The third kappa shape index (κ3) is 10.2. The van der Waals surface area contributed by atoms with Crippen molar-refractivity contribution < 1.29 is 34.2 Å². The second-order valence-corrected chi connectivity index (χ2v) is 9.66. The largest absolute Gasteiger partial charge is 0.329 e. The summed E-state index contributed by atoms with van der Waals surface area (Å²) >= 11 is 0. The smallest absolute Gasteiger partial charge is 0.277 e. The quantitative estimate of drug-likeness (QED) is 0.400. The Bertz CT molecular complexity index is 207. The molecule has 0 aromatic rings. The van der Waals surface area contributed by atoms with Crippen LogP contribution in [0.1, 0.15) is 40.0 Å². The Morgan fingerprint density at radius 1 is 1.13 bits per heavy atom. The molecule has 0 fully saturated rings. The van der Waals surface area contributed by atoms with Crippen LogP contribution in [0, 0.1) is 5.92 Å². The van der Waals surface area contributed by atoms with Crippen LogP contribution in [-0.4, -0.2) is 26.2 Å². The van der Waals surface area contributed by atoms with Crippen molar-refractivity contribution in [3.05, 3.63) is 0 Å². The molecule has 1 unspecified atom stereocenters. The molecule has 0 aliphatic rings. The molecule has 3 nitrogen and oxygen atoms in total. The van der Waals surface area contributed by atoms with Gasteiger partial charge in [-0.25, -0.2) is 0 Å². The predicted molar refractivity (Wildman–Crippen MR) is 65.0 cm³/mol. The van der Waals surface area contributed by atoms with E-state index in [-0.39, 0.29) is 19.5 Å². The Labute approximate surface area is 108 Å². The first-order valence-corrected chi connectivity index (χ1v) is 8.95. The maximum absolute atomic E-state index is 9.26. The van der Waals surface area contributed by atoms with E-state index >= 15 is 0 Å². The molecule has 0 aromatic heterocycles. The van der Waals surface area contributed by atoms with Gasteiger partial charge in [-0.3, -0.25) is 0 Å². The Balaban J connectivity index is 0. The first-order valence-electron chi connectivity index (χ1n) is 5.13. The maximum atomic E-state index is 9.26. The maximum Gasteiger partial charge on any atom is 0.277 e. The van der Waals surface area contributed by atoms with Gasteiger partial charge in [0.25, 0.3) is 6.72 Å². The molecule has 0 aromatic carbocycles. The van der Waals surface area contributed by atoms with Gasteiger partial charge in [-0.05, 0) is 23.8 Å². The fraction of sp³-hybridized carbons (Fsp3) is 1.00. The average molecular weight is 308 g/mol. The van der Waals surface area contributed by atoms with Crippen LogP contribution in [-0.2, 0) is 29.6 Å². The first kappa shape index (κ1) is 18.6. The van der Waals surface area contributed by atoms with Gasteiger partial charge in [-0.2, -0.15) is 0 Å². The SMILES string of the molecule is CCCCCS(CC(C)C)=P(O)(O)O.[Zn]. The van der Waals surface area contributed by atoms with Crippen molar-refractivity contribution in [2.24, 2.45) is 5.92 Å². The van der Waals surface area contributed by atoms with Gasteiger partial charge in [0.2, 0.25) is 0 Å². The van der Waals surface area contributed by atoms with Gasteiger partial charge in [0.15, 0.2) is 0 Å². The van der Waals surface area contributed by atoms with Gasteiger partial charge in [-0.15, -0.1) is 10.1 Å². The van der Waals surface area contributed by atoms with Crippen molar-refractivity contribution in [2.45, 2.75) is 40.0 Å². The summed E-state index contributed by atoms with van der Waals surface area (Å²) in [5.41, 5.74) is 0. The molecule has 0 saturated heterocycles. The molecule has 0 bridgehead atoms. The summed E-state index contributed by atoms with van der Waals surface area (Å²) in [6.07, 6.45) is 3.20. The monoisotopic (exact) mass is 306 g/mol. The zero-order valence-electron chi connectivity index (χ0n) is 10.0. The molecule has 0 saturated carbocycles. The number of unbranched alkanes of at least 4 members (excludes halogenated alkanes) is 2. The van der Waals surface area contributed by atoms with Crippen LogP contribution in [0.5, 0.6) is 0 Å². The molecular weight excluding hydrogens is 285 g/mol. The van der Waals surface area contributed by atoms with Gasteiger partial charge in [0, 0.05) is 19.5 Å². The Hall–Kier alpha value is 1.28. The average Bonchev–Trinajstić information content (AvgIpc) is 2.00. The molecule has 0 rings (SSSR count). The zero-order valence-corrected chi connectivity index (χ0v) is 14.7. The summed E-state index contributed by atoms with van der Waals surface area (Å²) in [4.78, 5) is 27.8. The second-order valence-electron chi connectivity index (χ2n) is 3.95. The molecule has 0 spiro atoms. The van der Waals surface area contributed by atoms with E-state index in [2.05, 4.69) is 6.92 Å². The van der Waals surface area contributed by atoms with E-state index in [1.165, 1.54) is 0 Å². The summed E-state index contributed by atoms with van der Waals surface area (Å²) in [6.45, 7) is 2.59. The number of hydrogen-bond acceptors (Lipinski definition) is 0. The zero-order chi connectivity index (χ0) is 11.2. The van der Waals surface area contributed by atoms with Gasteiger partial charge >= 0.3 is 0 Å². The molecule has 15 heavy (non-hydrogen) atoms. The minimum absolute atomic E-state index is 0. The van der Waals surface area contributed by atoms with Crippen LogP contribution < -0.4 is 0 Å². The Morgan fingerprint density at radius 3 is 2.00 bits per heavy atom. The van der Waals surface area contributed by atoms with Crippen molar-refractivity contribution in [2.75, 3.05) is 11.5 Å². The molecule has 0 aliphatic heterocycles. The first-order chi connectivity index (χ1) is 6.38. The molecule has 3 N–H and O–H groups in total. The van der Waals surface area contributed by atoms with Crippen molar-refractivity contribution in [1.82, 2.24) is 0 Å². The molecule has 0 amide bonds. The van der Waals surface area contributed by atoms with E-state index in [1.54, 1.807) is 0 Å². The molecule has 0 radical (unpaired) electrons. The predicted octanol–water partition coefficient (Wildman–Crippen LogP) is 2.10. The van der Waals surface area contributed by atoms with Gasteiger partial charge < -0.3 is 14.7 Å². The van der Waals surface area contributed by atoms with Gasteiger partial charge in [0.05, 0.1) is 0 Å².